The molecule has 0 spiro atoms. The highest BCUT2D eigenvalue weighted by molar-refractivity contribution is 5.98. The lowest BCUT2D eigenvalue weighted by molar-refractivity contribution is -0.150. The Morgan fingerprint density at radius 1 is 1.14 bits per heavy atom. The van der Waals surface area contributed by atoms with Crippen molar-refractivity contribution in [1.82, 2.24) is 20.7 Å². The van der Waals surface area contributed by atoms with Crippen LogP contribution in [0.5, 0.6) is 0 Å². The van der Waals surface area contributed by atoms with Gasteiger partial charge in [0.2, 0.25) is 0 Å². The lowest BCUT2D eigenvalue weighted by Gasteiger charge is -2.38. The maximum atomic E-state index is 12.3. The Balaban J connectivity index is 2.26. The van der Waals surface area contributed by atoms with Crippen molar-refractivity contribution in [2.45, 2.75) is 33.2 Å². The van der Waals surface area contributed by atoms with Crippen LogP contribution in [0.4, 0.5) is 0 Å². The monoisotopic (exact) mass is 290 g/mol. The fraction of sp³-hybridized carbons (Fsp3) is 0.429. The van der Waals surface area contributed by atoms with Crippen LogP contribution in [0.25, 0.3) is 11.0 Å². The van der Waals surface area contributed by atoms with E-state index in [-0.39, 0.29) is 5.91 Å². The minimum atomic E-state index is -1.11. The molecule has 112 valence electrons. The van der Waals surface area contributed by atoms with Crippen molar-refractivity contribution in [3.05, 3.63) is 23.8 Å². The number of carbonyl (C=O) groups excluding carboxylic acids is 1. The Bertz CT molecular complexity index is 703. The summed E-state index contributed by atoms with van der Waals surface area (Å²) in [4.78, 5) is 23.7. The zero-order valence-corrected chi connectivity index (χ0v) is 12.4. The Morgan fingerprint density at radius 2 is 1.76 bits per heavy atom. The van der Waals surface area contributed by atoms with Crippen molar-refractivity contribution in [3.8, 4) is 0 Å². The van der Waals surface area contributed by atoms with Crippen LogP contribution < -0.4 is 5.32 Å². The van der Waals surface area contributed by atoms with E-state index >= 15 is 0 Å². The van der Waals surface area contributed by atoms with E-state index < -0.39 is 16.9 Å². The average molecular weight is 290 g/mol. The summed E-state index contributed by atoms with van der Waals surface area (Å²) >= 11 is 0. The maximum absolute atomic E-state index is 12.3. The van der Waals surface area contributed by atoms with Crippen molar-refractivity contribution in [1.29, 1.82) is 0 Å². The molecule has 0 radical (unpaired) electrons. The smallest absolute Gasteiger partial charge is 0.311 e. The molecule has 1 heterocycles. The average Bonchev–Trinajstić information content (AvgIpc) is 2.84. The first-order valence-electron chi connectivity index (χ1n) is 6.51. The van der Waals surface area contributed by atoms with Gasteiger partial charge in [0.05, 0.1) is 11.0 Å². The van der Waals surface area contributed by atoms with Crippen LogP contribution in [0.3, 0.4) is 0 Å². The highest BCUT2D eigenvalue weighted by Crippen LogP contribution is 2.31. The molecule has 1 aromatic carbocycles. The number of carboxylic acid groups (broad SMARTS) is 1. The molecule has 0 saturated heterocycles. The van der Waals surface area contributed by atoms with Crippen molar-refractivity contribution in [2.24, 2.45) is 5.41 Å². The number of aromatic amines is 1. The van der Waals surface area contributed by atoms with Gasteiger partial charge in [0.25, 0.3) is 5.91 Å². The van der Waals surface area contributed by atoms with Gasteiger partial charge in [-0.3, -0.25) is 9.59 Å². The van der Waals surface area contributed by atoms with Gasteiger partial charge in [0.1, 0.15) is 11.0 Å². The van der Waals surface area contributed by atoms with Gasteiger partial charge in [0, 0.05) is 5.56 Å². The Kier molecular flexibility index (Phi) is 3.44. The number of H-pyrrole nitrogens is 1. The minimum absolute atomic E-state index is 0.348. The number of hydrogen-bond donors (Lipinski definition) is 3. The number of carboxylic acids is 1. The van der Waals surface area contributed by atoms with Gasteiger partial charge in [-0.2, -0.15) is 15.4 Å². The number of rotatable bonds is 4. The van der Waals surface area contributed by atoms with E-state index in [4.69, 9.17) is 0 Å². The molecular formula is C14H18N4O3. The van der Waals surface area contributed by atoms with E-state index in [0.717, 1.165) is 0 Å². The third-order valence-electron chi connectivity index (χ3n) is 4.10. The Morgan fingerprint density at radius 3 is 2.38 bits per heavy atom. The summed E-state index contributed by atoms with van der Waals surface area (Å²) in [6, 6.07) is 4.92. The number of benzene rings is 1. The first kappa shape index (κ1) is 15.0. The summed E-state index contributed by atoms with van der Waals surface area (Å²) in [6.07, 6.45) is 0. The topological polar surface area (TPSA) is 108 Å². The fourth-order valence-corrected chi connectivity index (χ4v) is 1.76. The number of nitrogens with one attached hydrogen (secondary N) is 2. The summed E-state index contributed by atoms with van der Waals surface area (Å²) in [6.45, 7) is 6.54. The molecule has 3 N–H and O–H groups in total. The van der Waals surface area contributed by atoms with Crippen molar-refractivity contribution < 1.29 is 14.7 Å². The largest absolute Gasteiger partial charge is 0.481 e. The number of nitrogens with zero attached hydrogens (tertiary/aromatic N) is 2. The van der Waals surface area contributed by atoms with Crippen molar-refractivity contribution in [2.75, 3.05) is 0 Å². The minimum Gasteiger partial charge on any atom is -0.481 e. The van der Waals surface area contributed by atoms with Crippen LogP contribution in [0.2, 0.25) is 0 Å². The standard InChI is InChI=1S/C14H18N4O3/c1-13(2,12(20)21)14(3,4)15-11(19)8-5-6-9-10(7-8)17-18-16-9/h5-7H,1-4H3,(H,15,19)(H,20,21)(H,16,17,18). The van der Waals surface area contributed by atoms with Crippen molar-refractivity contribution in [3.63, 3.8) is 0 Å². The molecule has 0 aliphatic rings. The number of amides is 1. The maximum Gasteiger partial charge on any atom is 0.311 e. The van der Waals surface area contributed by atoms with Crippen LogP contribution >= 0.6 is 0 Å². The van der Waals surface area contributed by atoms with Gasteiger partial charge in [-0.25, -0.2) is 0 Å². The first-order chi connectivity index (χ1) is 9.65. The molecule has 0 fully saturated rings. The van der Waals surface area contributed by atoms with Crippen LogP contribution in [0.1, 0.15) is 38.1 Å². The number of fused-ring (bicyclic) bond motifs is 1. The molecule has 1 amide bonds. The lowest BCUT2D eigenvalue weighted by Crippen LogP contribution is -2.56. The first-order valence-corrected chi connectivity index (χ1v) is 6.51. The van der Waals surface area contributed by atoms with Crippen LogP contribution in [0, 0.1) is 5.41 Å². The molecule has 2 rings (SSSR count). The van der Waals surface area contributed by atoms with E-state index in [9.17, 15) is 14.7 Å². The molecule has 7 nitrogen and oxygen atoms in total. The summed E-state index contributed by atoms with van der Waals surface area (Å²) in [7, 11) is 0. The van der Waals surface area contributed by atoms with Crippen molar-refractivity contribution >= 4 is 22.9 Å². The third kappa shape index (κ3) is 2.58. The molecule has 1 aromatic heterocycles. The predicted molar refractivity (Wildman–Crippen MR) is 76.9 cm³/mol. The van der Waals surface area contributed by atoms with Gasteiger partial charge in [-0.1, -0.05) is 0 Å². The third-order valence-corrected chi connectivity index (χ3v) is 4.10. The van der Waals surface area contributed by atoms with E-state index in [1.54, 1.807) is 45.9 Å². The van der Waals surface area contributed by atoms with E-state index in [1.165, 1.54) is 0 Å². The Hall–Kier alpha value is -2.44. The molecule has 2 aromatic rings. The number of carbonyl (C=O) groups is 2. The summed E-state index contributed by atoms with van der Waals surface area (Å²) < 4.78 is 0. The highest BCUT2D eigenvalue weighted by atomic mass is 16.4. The molecule has 0 aliphatic carbocycles. The SMILES string of the molecule is CC(C)(NC(=O)c1ccc2n[nH]nc2c1)C(C)(C)C(=O)O. The zero-order chi connectivity index (χ0) is 15.8. The molecule has 0 aliphatic heterocycles. The summed E-state index contributed by atoms with van der Waals surface area (Å²) in [5, 5.41) is 22.4. The predicted octanol–water partition coefficient (Wildman–Crippen LogP) is 1.58. The number of aliphatic carboxylic acids is 1. The lowest BCUT2D eigenvalue weighted by atomic mass is 9.74. The molecule has 0 saturated carbocycles. The normalized spacial score (nSPS) is 12.4. The highest BCUT2D eigenvalue weighted by Gasteiger charge is 2.44. The molecular weight excluding hydrogens is 272 g/mol. The second-order valence-corrected chi connectivity index (χ2v) is 6.04. The fourth-order valence-electron chi connectivity index (χ4n) is 1.76. The molecule has 0 atom stereocenters. The zero-order valence-electron chi connectivity index (χ0n) is 12.4. The van der Waals surface area contributed by atoms with Gasteiger partial charge in [-0.05, 0) is 45.9 Å². The molecule has 0 bridgehead atoms. The van der Waals surface area contributed by atoms with Crippen LogP contribution in [0.15, 0.2) is 18.2 Å². The molecule has 21 heavy (non-hydrogen) atoms. The number of aromatic nitrogens is 3. The summed E-state index contributed by atoms with van der Waals surface area (Å²) in [5.74, 6) is -1.32. The molecule has 0 unspecified atom stereocenters. The van der Waals surface area contributed by atoms with Gasteiger partial charge in [0.15, 0.2) is 0 Å². The second-order valence-electron chi connectivity index (χ2n) is 6.04. The van der Waals surface area contributed by atoms with Crippen LogP contribution in [-0.4, -0.2) is 37.9 Å². The van der Waals surface area contributed by atoms with Crippen LogP contribution in [-0.2, 0) is 4.79 Å². The number of hydrogen-bond acceptors (Lipinski definition) is 4. The van der Waals surface area contributed by atoms with E-state index in [2.05, 4.69) is 20.7 Å². The van der Waals surface area contributed by atoms with Gasteiger partial charge < -0.3 is 10.4 Å². The quantitative estimate of drug-likeness (QED) is 0.792. The molecule has 7 heteroatoms. The van der Waals surface area contributed by atoms with Gasteiger partial charge in [-0.15, -0.1) is 0 Å². The van der Waals surface area contributed by atoms with Gasteiger partial charge >= 0.3 is 5.97 Å². The van der Waals surface area contributed by atoms with E-state index in [1.807, 2.05) is 0 Å². The van der Waals surface area contributed by atoms with E-state index in [0.29, 0.717) is 16.6 Å². The Labute approximate surface area is 121 Å². The summed E-state index contributed by atoms with van der Waals surface area (Å²) in [5.41, 5.74) is -0.379. The second kappa shape index (κ2) is 4.83.